The molecule has 0 bridgehead atoms. The Morgan fingerprint density at radius 2 is 1.30 bits per heavy atom. The highest BCUT2D eigenvalue weighted by Gasteiger charge is 2.09. The lowest BCUT2D eigenvalue weighted by molar-refractivity contribution is -0.120. The zero-order valence-electron chi connectivity index (χ0n) is 24.9. The first-order valence-corrected chi connectivity index (χ1v) is 14.5. The largest absolute Gasteiger partial charge is 0.497 e. The number of hydrogen-bond donors (Lipinski definition) is 5. The van der Waals surface area contributed by atoms with Crippen LogP contribution in [-0.2, 0) is 33.8 Å². The number of anilines is 4. The lowest BCUT2D eigenvalue weighted by atomic mass is 10.1. The molecule has 0 spiro atoms. The Kier molecular flexibility index (Phi) is 13.2. The summed E-state index contributed by atoms with van der Waals surface area (Å²) < 4.78 is 15.9. The molecule has 4 rings (SSSR count). The maximum Gasteiger partial charge on any atom is 0.233 e. The van der Waals surface area contributed by atoms with Crippen LogP contribution in [0.2, 0.25) is 0 Å². The van der Waals surface area contributed by atoms with Crippen molar-refractivity contribution in [3.63, 3.8) is 0 Å². The fourth-order valence-corrected chi connectivity index (χ4v) is 4.04. The van der Waals surface area contributed by atoms with Gasteiger partial charge in [0.05, 0.1) is 40.0 Å². The highest BCUT2D eigenvalue weighted by atomic mass is 16.5. The van der Waals surface area contributed by atoms with Crippen LogP contribution in [0.4, 0.5) is 23.5 Å². The molecule has 6 N–H and O–H groups in total. The minimum absolute atomic E-state index is 0.0760. The summed E-state index contributed by atoms with van der Waals surface area (Å²) in [6.45, 7) is 3.91. The van der Waals surface area contributed by atoms with E-state index in [2.05, 4.69) is 36.2 Å². The van der Waals surface area contributed by atoms with Crippen LogP contribution in [0.15, 0.2) is 78.9 Å². The van der Waals surface area contributed by atoms with Gasteiger partial charge in [0.15, 0.2) is 0 Å². The van der Waals surface area contributed by atoms with Gasteiger partial charge >= 0.3 is 0 Å². The Morgan fingerprint density at radius 1 is 0.705 bits per heavy atom. The van der Waals surface area contributed by atoms with Crippen LogP contribution >= 0.6 is 0 Å². The first-order valence-electron chi connectivity index (χ1n) is 14.5. The molecule has 0 atom stereocenters. The summed E-state index contributed by atoms with van der Waals surface area (Å²) in [5.74, 6) is 1.96. The van der Waals surface area contributed by atoms with E-state index in [0.29, 0.717) is 70.5 Å². The molecule has 0 saturated carbocycles. The minimum Gasteiger partial charge on any atom is -0.497 e. The van der Waals surface area contributed by atoms with Crippen LogP contribution in [0, 0.1) is 0 Å². The van der Waals surface area contributed by atoms with Gasteiger partial charge in [-0.3, -0.25) is 4.79 Å². The van der Waals surface area contributed by atoms with Gasteiger partial charge in [-0.1, -0.05) is 54.6 Å². The molecule has 0 radical (unpaired) electrons. The van der Waals surface area contributed by atoms with Crippen molar-refractivity contribution in [1.82, 2.24) is 20.3 Å². The third-order valence-electron chi connectivity index (χ3n) is 6.32. The molecule has 0 aliphatic rings. The molecule has 4 aromatic rings. The van der Waals surface area contributed by atoms with E-state index in [1.165, 1.54) is 0 Å². The summed E-state index contributed by atoms with van der Waals surface area (Å²) >= 11 is 0. The summed E-state index contributed by atoms with van der Waals surface area (Å²) in [6.07, 6.45) is 0.263. The standard InChI is InChI=1S/C32H40N8O4/c1-42-28-13-9-26(10-14-28)23-36-31-38-30(35-22-25-5-3-2-4-6-25)39-32(40-31)37-27-11-7-24(8-12-27)21-29(41)34-16-18-44-20-19-43-17-15-33/h2-14H,15-23,33H2,1H3,(H,34,41)(H3,35,36,37,38,39,40). The maximum absolute atomic E-state index is 12.3. The monoisotopic (exact) mass is 600 g/mol. The summed E-state index contributed by atoms with van der Waals surface area (Å²) in [6, 6.07) is 25.4. The average molecular weight is 601 g/mol. The summed E-state index contributed by atoms with van der Waals surface area (Å²) in [5.41, 5.74) is 9.19. The molecular formula is C32H40N8O4. The Labute approximate surface area is 257 Å². The lowest BCUT2D eigenvalue weighted by Gasteiger charge is -2.12. The molecule has 232 valence electrons. The van der Waals surface area contributed by atoms with Crippen molar-refractivity contribution < 1.29 is 19.0 Å². The van der Waals surface area contributed by atoms with Crippen LogP contribution in [-0.4, -0.2) is 67.5 Å². The van der Waals surface area contributed by atoms with Crippen LogP contribution in [0.5, 0.6) is 5.75 Å². The number of ether oxygens (including phenoxy) is 3. The van der Waals surface area contributed by atoms with Gasteiger partial charge in [-0.25, -0.2) is 0 Å². The molecule has 0 fully saturated rings. The number of carbonyl (C=O) groups excluding carboxylic acids is 1. The number of methoxy groups -OCH3 is 1. The number of nitrogens with two attached hydrogens (primary N) is 1. The average Bonchev–Trinajstić information content (AvgIpc) is 3.05. The molecule has 12 nitrogen and oxygen atoms in total. The number of hydrogen-bond acceptors (Lipinski definition) is 11. The van der Waals surface area contributed by atoms with Gasteiger partial charge in [-0.15, -0.1) is 0 Å². The normalized spacial score (nSPS) is 10.7. The molecule has 0 aliphatic carbocycles. The summed E-state index contributed by atoms with van der Waals surface area (Å²) in [4.78, 5) is 26.0. The summed E-state index contributed by atoms with van der Waals surface area (Å²) in [5, 5.41) is 12.7. The first-order chi connectivity index (χ1) is 21.6. The predicted molar refractivity (Wildman–Crippen MR) is 171 cm³/mol. The highest BCUT2D eigenvalue weighted by molar-refractivity contribution is 5.78. The van der Waals surface area contributed by atoms with Gasteiger partial charge in [0.25, 0.3) is 0 Å². The number of carbonyl (C=O) groups is 1. The lowest BCUT2D eigenvalue weighted by Crippen LogP contribution is -2.29. The van der Waals surface area contributed by atoms with Crippen molar-refractivity contribution in [3.8, 4) is 5.75 Å². The van der Waals surface area contributed by atoms with Gasteiger partial charge in [-0.2, -0.15) is 15.0 Å². The van der Waals surface area contributed by atoms with E-state index in [0.717, 1.165) is 28.1 Å². The Hall–Kier alpha value is -4.78. The molecule has 1 heterocycles. The van der Waals surface area contributed by atoms with Gasteiger partial charge in [0.2, 0.25) is 23.8 Å². The minimum atomic E-state index is -0.0760. The zero-order valence-corrected chi connectivity index (χ0v) is 24.9. The second kappa shape index (κ2) is 18.0. The number of amides is 1. The molecule has 1 amide bonds. The van der Waals surface area contributed by atoms with E-state index in [4.69, 9.17) is 19.9 Å². The quantitative estimate of drug-likeness (QED) is 0.100. The number of rotatable bonds is 19. The van der Waals surface area contributed by atoms with Crippen molar-refractivity contribution in [1.29, 1.82) is 0 Å². The molecule has 0 unspecified atom stereocenters. The van der Waals surface area contributed by atoms with E-state index in [1.54, 1.807) is 7.11 Å². The Morgan fingerprint density at radius 3 is 1.93 bits per heavy atom. The van der Waals surface area contributed by atoms with E-state index < -0.39 is 0 Å². The van der Waals surface area contributed by atoms with Crippen molar-refractivity contribution >= 4 is 29.4 Å². The maximum atomic E-state index is 12.3. The Bertz CT molecular complexity index is 1410. The molecule has 0 aliphatic heterocycles. The van der Waals surface area contributed by atoms with E-state index in [-0.39, 0.29) is 12.3 Å². The molecule has 0 saturated heterocycles. The van der Waals surface area contributed by atoms with Gasteiger partial charge in [0.1, 0.15) is 5.75 Å². The van der Waals surface area contributed by atoms with Gasteiger partial charge in [-0.05, 0) is 41.0 Å². The number of nitrogens with zero attached hydrogens (tertiary/aromatic N) is 3. The van der Waals surface area contributed by atoms with Crippen LogP contribution in [0.3, 0.4) is 0 Å². The second-order valence-electron chi connectivity index (χ2n) is 9.71. The van der Waals surface area contributed by atoms with Crippen molar-refractivity contribution in [2.24, 2.45) is 5.73 Å². The molecule has 1 aromatic heterocycles. The predicted octanol–water partition coefficient (Wildman–Crippen LogP) is 3.50. The van der Waals surface area contributed by atoms with Crippen LogP contribution in [0.1, 0.15) is 16.7 Å². The van der Waals surface area contributed by atoms with Crippen LogP contribution in [0.25, 0.3) is 0 Å². The fraction of sp³-hybridized carbons (Fsp3) is 0.312. The Balaban J connectivity index is 1.32. The topological polar surface area (TPSA) is 158 Å². The van der Waals surface area contributed by atoms with E-state index in [9.17, 15) is 4.79 Å². The smallest absolute Gasteiger partial charge is 0.233 e. The molecular weight excluding hydrogens is 560 g/mol. The third-order valence-corrected chi connectivity index (χ3v) is 6.32. The number of aromatic nitrogens is 3. The van der Waals surface area contributed by atoms with Gasteiger partial charge < -0.3 is 41.2 Å². The van der Waals surface area contributed by atoms with E-state index in [1.807, 2.05) is 78.9 Å². The second-order valence-corrected chi connectivity index (χ2v) is 9.71. The molecule has 44 heavy (non-hydrogen) atoms. The van der Waals surface area contributed by atoms with Crippen LogP contribution < -0.4 is 31.7 Å². The van der Waals surface area contributed by atoms with Crippen molar-refractivity contribution in [2.45, 2.75) is 19.5 Å². The zero-order chi connectivity index (χ0) is 30.8. The van der Waals surface area contributed by atoms with Crippen molar-refractivity contribution in [2.75, 3.05) is 62.6 Å². The number of nitrogens with one attached hydrogen (secondary N) is 4. The number of benzene rings is 3. The van der Waals surface area contributed by atoms with Gasteiger partial charge in [0, 0.05) is 31.9 Å². The first kappa shape index (κ1) is 32.1. The molecule has 12 heteroatoms. The summed E-state index contributed by atoms with van der Waals surface area (Å²) in [7, 11) is 1.64. The SMILES string of the molecule is COc1ccc(CNc2nc(NCc3ccccc3)nc(Nc3ccc(CC(=O)NCCOCCOCCN)cc3)n2)cc1. The fourth-order valence-electron chi connectivity index (χ4n) is 4.04. The van der Waals surface area contributed by atoms with E-state index >= 15 is 0 Å². The van der Waals surface area contributed by atoms with Crippen molar-refractivity contribution in [3.05, 3.63) is 95.6 Å². The third kappa shape index (κ3) is 11.5. The highest BCUT2D eigenvalue weighted by Crippen LogP contribution is 2.18. The molecule has 3 aromatic carbocycles.